The summed E-state index contributed by atoms with van der Waals surface area (Å²) in [4.78, 5) is 25.3. The number of unbranched alkanes of at least 4 members (excludes halogenated alkanes) is 29. The predicted octanol–water partition coefficient (Wildman–Crippen LogP) is 5.52. The molecule has 0 aromatic heterocycles. The number of aliphatic hydroxyl groups is 10. The zero-order chi connectivity index (χ0) is 58.5. The second-order valence-corrected chi connectivity index (χ2v) is 22.9. The van der Waals surface area contributed by atoms with E-state index in [0.29, 0.717) is 6.42 Å². The minimum atomic E-state index is -1.99. The number of amides is 2. The average Bonchev–Trinajstić information content (AvgIpc) is 3.56. The van der Waals surface area contributed by atoms with Crippen LogP contribution in [0.15, 0.2) is 12.2 Å². The van der Waals surface area contributed by atoms with Crippen molar-refractivity contribution < 1.29 is 89.1 Å². The number of aliphatic hydroxyl groups excluding tert-OH is 10. The molecule has 0 aromatic carbocycles. The molecule has 20 nitrogen and oxygen atoms in total. The number of carbonyl (C=O) groups excluding carboxylic acids is 2. The summed E-state index contributed by atoms with van der Waals surface area (Å²) in [5.74, 6) is -0.922. The first kappa shape index (κ1) is 72.3. The van der Waals surface area contributed by atoms with Gasteiger partial charge in [0.15, 0.2) is 18.9 Å². The van der Waals surface area contributed by atoms with Crippen molar-refractivity contribution in [3.63, 3.8) is 0 Å². The Hall–Kier alpha value is -1.96. The molecule has 3 rings (SSSR count). The number of ether oxygens (including phenoxy) is 6. The summed E-state index contributed by atoms with van der Waals surface area (Å²) in [5, 5.41) is 114. The number of nitrogens with one attached hydrogen (secondary N) is 2. The van der Waals surface area contributed by atoms with Crippen LogP contribution >= 0.6 is 0 Å². The van der Waals surface area contributed by atoms with Crippen LogP contribution < -0.4 is 10.6 Å². The van der Waals surface area contributed by atoms with Gasteiger partial charge in [-0.1, -0.05) is 206 Å². The molecular formula is C60H112N2O18. The van der Waals surface area contributed by atoms with E-state index in [4.69, 9.17) is 28.4 Å². The molecule has 20 heteroatoms. The van der Waals surface area contributed by atoms with Gasteiger partial charge in [0.2, 0.25) is 11.8 Å². The van der Waals surface area contributed by atoms with E-state index in [1.807, 2.05) is 6.08 Å². The van der Waals surface area contributed by atoms with Crippen molar-refractivity contribution in [3.8, 4) is 0 Å². The van der Waals surface area contributed by atoms with Crippen LogP contribution in [0.5, 0.6) is 0 Å². The van der Waals surface area contributed by atoms with Crippen LogP contribution in [0, 0.1) is 0 Å². The maximum absolute atomic E-state index is 13.3. The molecule has 2 amide bonds. The van der Waals surface area contributed by atoms with Gasteiger partial charge in [-0.15, -0.1) is 0 Å². The Morgan fingerprint density at radius 3 is 1.31 bits per heavy atom. The molecule has 17 atom stereocenters. The highest BCUT2D eigenvalue weighted by molar-refractivity contribution is 5.76. The molecular weight excluding hydrogens is 1040 g/mol. The van der Waals surface area contributed by atoms with E-state index >= 15 is 0 Å². The van der Waals surface area contributed by atoms with Crippen molar-refractivity contribution >= 4 is 11.8 Å². The van der Waals surface area contributed by atoms with Gasteiger partial charge in [0, 0.05) is 13.3 Å². The summed E-state index contributed by atoms with van der Waals surface area (Å²) in [7, 11) is 0. The second kappa shape index (κ2) is 43.6. The van der Waals surface area contributed by atoms with E-state index in [9.17, 15) is 60.7 Å². The number of rotatable bonds is 46. The molecule has 80 heavy (non-hydrogen) atoms. The molecule has 0 aliphatic carbocycles. The van der Waals surface area contributed by atoms with Gasteiger partial charge in [-0.25, -0.2) is 0 Å². The van der Waals surface area contributed by atoms with Crippen molar-refractivity contribution in [3.05, 3.63) is 12.2 Å². The van der Waals surface area contributed by atoms with Crippen molar-refractivity contribution in [2.45, 2.75) is 330 Å². The average molecular weight is 1150 g/mol. The van der Waals surface area contributed by atoms with Crippen molar-refractivity contribution in [2.24, 2.45) is 0 Å². The van der Waals surface area contributed by atoms with Gasteiger partial charge in [-0.2, -0.15) is 0 Å². The van der Waals surface area contributed by atoms with Crippen LogP contribution in [0.25, 0.3) is 0 Å². The summed E-state index contributed by atoms with van der Waals surface area (Å²) in [6.45, 7) is 2.84. The summed E-state index contributed by atoms with van der Waals surface area (Å²) in [6.07, 6.45) is 16.7. The van der Waals surface area contributed by atoms with Gasteiger partial charge < -0.3 is 90.1 Å². The lowest BCUT2D eigenvalue weighted by molar-refractivity contribution is -0.374. The smallest absolute Gasteiger partial charge is 0.220 e. The summed E-state index contributed by atoms with van der Waals surface area (Å²) in [6, 6.07) is -2.40. The van der Waals surface area contributed by atoms with Crippen LogP contribution in [0.4, 0.5) is 0 Å². The fraction of sp³-hybridized carbons (Fsp3) is 0.933. The van der Waals surface area contributed by atoms with E-state index in [1.165, 1.54) is 148 Å². The third-order valence-corrected chi connectivity index (χ3v) is 16.0. The van der Waals surface area contributed by atoms with Crippen LogP contribution in [-0.4, -0.2) is 194 Å². The second-order valence-electron chi connectivity index (χ2n) is 22.9. The van der Waals surface area contributed by atoms with Crippen LogP contribution in [0.3, 0.4) is 0 Å². The first-order valence-corrected chi connectivity index (χ1v) is 31.4. The highest BCUT2D eigenvalue weighted by atomic mass is 16.8. The van der Waals surface area contributed by atoms with Crippen molar-refractivity contribution in [1.82, 2.24) is 10.6 Å². The molecule has 3 aliphatic heterocycles. The molecule has 3 heterocycles. The Kier molecular flexibility index (Phi) is 39.4. The van der Waals surface area contributed by atoms with Gasteiger partial charge in [0.1, 0.15) is 73.2 Å². The van der Waals surface area contributed by atoms with Gasteiger partial charge in [0.25, 0.3) is 0 Å². The predicted molar refractivity (Wildman–Crippen MR) is 303 cm³/mol. The van der Waals surface area contributed by atoms with Gasteiger partial charge in [0.05, 0.1) is 38.6 Å². The van der Waals surface area contributed by atoms with Crippen LogP contribution in [0.1, 0.15) is 226 Å². The highest BCUT2D eigenvalue weighted by Gasteiger charge is 2.54. The summed E-state index contributed by atoms with van der Waals surface area (Å²) >= 11 is 0. The Balaban J connectivity index is 1.52. The number of hydrogen-bond acceptors (Lipinski definition) is 18. The van der Waals surface area contributed by atoms with Gasteiger partial charge >= 0.3 is 0 Å². The molecule has 0 saturated carbocycles. The lowest BCUT2D eigenvalue weighted by Crippen LogP contribution is -2.68. The minimum Gasteiger partial charge on any atom is -0.394 e. The third-order valence-electron chi connectivity index (χ3n) is 16.0. The van der Waals surface area contributed by atoms with E-state index in [0.717, 1.165) is 51.9 Å². The molecule has 0 spiro atoms. The molecule has 1 unspecified atom stereocenters. The quantitative estimate of drug-likeness (QED) is 0.0264. The normalized spacial score (nSPS) is 29.9. The number of carbonyl (C=O) groups is 2. The monoisotopic (exact) mass is 1150 g/mol. The zero-order valence-corrected chi connectivity index (χ0v) is 49.2. The maximum Gasteiger partial charge on any atom is 0.220 e. The Labute approximate surface area is 479 Å². The molecule has 12 N–H and O–H groups in total. The maximum atomic E-state index is 13.3. The fourth-order valence-electron chi connectivity index (χ4n) is 11.0. The van der Waals surface area contributed by atoms with E-state index in [-0.39, 0.29) is 18.9 Å². The molecule has 3 fully saturated rings. The SMILES string of the molecule is CCCCCCCCCCCCC/C=C/[C@@H](O)[C@H](CO[C@@H]1O[C@H](CO)[C@@H](O[C@@H]2O[C@H](CO)[C@H](O[C@@H]3O[C@H](CO)[C@H](O)[C@H](O)[C@H]3NC(C)=O)[C@H](O)[C@H]2O)[C@H](O)C1O)NC(=O)CCCCCCCCCCCCCCCCCCCCC. The largest absolute Gasteiger partial charge is 0.394 e. The van der Waals surface area contributed by atoms with E-state index in [2.05, 4.69) is 24.5 Å². The molecule has 3 saturated heterocycles. The van der Waals surface area contributed by atoms with Crippen molar-refractivity contribution in [1.29, 1.82) is 0 Å². The van der Waals surface area contributed by atoms with E-state index in [1.54, 1.807) is 6.08 Å². The highest BCUT2D eigenvalue weighted by Crippen LogP contribution is 2.33. The molecule has 0 aromatic rings. The summed E-state index contributed by atoms with van der Waals surface area (Å²) in [5.41, 5.74) is 0. The molecule has 0 bridgehead atoms. The lowest BCUT2D eigenvalue weighted by Gasteiger charge is -2.48. The Morgan fingerprint density at radius 2 is 0.875 bits per heavy atom. The number of hydrogen-bond donors (Lipinski definition) is 12. The lowest BCUT2D eigenvalue weighted by atomic mass is 9.95. The Bertz CT molecular complexity index is 1580. The van der Waals surface area contributed by atoms with Gasteiger partial charge in [-0.3, -0.25) is 9.59 Å². The van der Waals surface area contributed by atoms with E-state index < -0.39 is 130 Å². The Morgan fingerprint density at radius 1 is 0.487 bits per heavy atom. The minimum absolute atomic E-state index is 0.245. The van der Waals surface area contributed by atoms with Crippen molar-refractivity contribution in [2.75, 3.05) is 26.4 Å². The first-order chi connectivity index (χ1) is 38.7. The topological polar surface area (TPSA) is 316 Å². The van der Waals surface area contributed by atoms with Crippen LogP contribution in [0.2, 0.25) is 0 Å². The summed E-state index contributed by atoms with van der Waals surface area (Å²) < 4.78 is 34.9. The molecule has 470 valence electrons. The fourth-order valence-corrected chi connectivity index (χ4v) is 11.0. The number of allylic oxidation sites excluding steroid dienone is 1. The van der Waals surface area contributed by atoms with Crippen LogP contribution in [-0.2, 0) is 38.0 Å². The first-order valence-electron chi connectivity index (χ1n) is 31.4. The molecule has 3 aliphatic rings. The standard InChI is InChI=1S/C60H112N2O18/c1-4-6-8-10-12-14-16-18-19-20-21-22-23-25-27-29-31-33-35-37-48(68)62-43(44(67)36-34-32-30-28-26-24-17-15-13-11-9-7-5-2)41-75-59-54(73)52(71)57(46(39-64)77-59)80-60-55(74)53(72)56(47(40-65)78-60)79-58-49(61-42(3)66)51(70)50(69)45(38-63)76-58/h34,36,43-47,49-60,63-65,67,69-74H,4-33,35,37-41H2,1-3H3,(H,61,66)(H,62,68)/b36-34+/t43-,44+,45+,46+,47+,49+,50-,51+,52+,53+,54?,55+,56-,57+,58-,59+,60-/m0/s1. The zero-order valence-electron chi connectivity index (χ0n) is 49.2. The molecule has 0 radical (unpaired) electrons. The third kappa shape index (κ3) is 27.4. The van der Waals surface area contributed by atoms with Gasteiger partial charge in [-0.05, 0) is 19.3 Å².